The van der Waals surface area contributed by atoms with Gasteiger partial charge < -0.3 is 0 Å². The highest BCUT2D eigenvalue weighted by molar-refractivity contribution is 5.97. The predicted octanol–water partition coefficient (Wildman–Crippen LogP) is 5.24. The smallest absolute Gasteiger partial charge is 0.162 e. The molecular weight excluding hydrogens is 244 g/mol. The van der Waals surface area contributed by atoms with Gasteiger partial charge in [0.05, 0.1) is 0 Å². The standard InChI is InChI=1S/C19H22O/c1-5-18(20)16-8-6-7-15(13-16)14-9-11-17(12-10-14)19(2,3)4/h6-13H,5H2,1-4H3. The van der Waals surface area contributed by atoms with Crippen LogP contribution in [0.5, 0.6) is 0 Å². The fourth-order valence-electron chi connectivity index (χ4n) is 2.24. The second-order valence-electron chi connectivity index (χ2n) is 6.18. The van der Waals surface area contributed by atoms with Gasteiger partial charge in [0.2, 0.25) is 0 Å². The zero-order chi connectivity index (χ0) is 14.8. The fraction of sp³-hybridized carbons (Fsp3) is 0.316. The van der Waals surface area contributed by atoms with Gasteiger partial charge in [0.15, 0.2) is 5.78 Å². The number of carbonyl (C=O) groups is 1. The van der Waals surface area contributed by atoms with E-state index in [1.54, 1.807) is 0 Å². The maximum Gasteiger partial charge on any atom is 0.162 e. The van der Waals surface area contributed by atoms with Crippen LogP contribution in [-0.2, 0) is 5.41 Å². The summed E-state index contributed by atoms with van der Waals surface area (Å²) >= 11 is 0. The van der Waals surface area contributed by atoms with Gasteiger partial charge in [-0.1, -0.05) is 70.2 Å². The molecule has 0 unspecified atom stereocenters. The summed E-state index contributed by atoms with van der Waals surface area (Å²) in [5.74, 6) is 0.193. The van der Waals surface area contributed by atoms with E-state index in [4.69, 9.17) is 0 Å². The minimum Gasteiger partial charge on any atom is -0.294 e. The molecule has 0 aliphatic heterocycles. The van der Waals surface area contributed by atoms with Crippen molar-refractivity contribution in [1.29, 1.82) is 0 Å². The number of rotatable bonds is 3. The summed E-state index contributed by atoms with van der Waals surface area (Å²) in [6.07, 6.45) is 0.548. The van der Waals surface area contributed by atoms with E-state index in [0.29, 0.717) is 6.42 Å². The Morgan fingerprint density at radius 3 is 2.15 bits per heavy atom. The Morgan fingerprint density at radius 1 is 0.950 bits per heavy atom. The topological polar surface area (TPSA) is 17.1 Å². The van der Waals surface area contributed by atoms with Crippen LogP contribution >= 0.6 is 0 Å². The largest absolute Gasteiger partial charge is 0.294 e. The highest BCUT2D eigenvalue weighted by Crippen LogP contribution is 2.26. The van der Waals surface area contributed by atoms with E-state index in [9.17, 15) is 4.79 Å². The zero-order valence-corrected chi connectivity index (χ0v) is 12.7. The number of ketones is 1. The first-order valence-corrected chi connectivity index (χ1v) is 7.16. The molecule has 2 rings (SSSR count). The minimum atomic E-state index is 0.165. The van der Waals surface area contributed by atoms with Crippen molar-refractivity contribution < 1.29 is 4.79 Å². The van der Waals surface area contributed by atoms with Crippen molar-refractivity contribution in [3.05, 3.63) is 59.7 Å². The molecule has 0 saturated heterocycles. The Labute approximate surface area is 121 Å². The summed E-state index contributed by atoms with van der Waals surface area (Å²) in [6.45, 7) is 8.53. The van der Waals surface area contributed by atoms with Crippen LogP contribution in [0, 0.1) is 0 Å². The Hall–Kier alpha value is -1.89. The summed E-state index contributed by atoms with van der Waals surface area (Å²) in [7, 11) is 0. The molecule has 0 aliphatic rings. The highest BCUT2D eigenvalue weighted by atomic mass is 16.1. The summed E-state index contributed by atoms with van der Waals surface area (Å²) in [5, 5.41) is 0. The molecule has 0 N–H and O–H groups in total. The van der Waals surface area contributed by atoms with Gasteiger partial charge in [-0.3, -0.25) is 4.79 Å². The lowest BCUT2D eigenvalue weighted by Crippen LogP contribution is -2.10. The van der Waals surface area contributed by atoms with Gasteiger partial charge in [0, 0.05) is 12.0 Å². The van der Waals surface area contributed by atoms with E-state index in [1.165, 1.54) is 5.56 Å². The summed E-state index contributed by atoms with van der Waals surface area (Å²) in [6, 6.07) is 16.5. The molecule has 104 valence electrons. The quantitative estimate of drug-likeness (QED) is 0.694. The monoisotopic (exact) mass is 266 g/mol. The lowest BCUT2D eigenvalue weighted by Gasteiger charge is -2.19. The van der Waals surface area contributed by atoms with E-state index >= 15 is 0 Å². The molecule has 0 bridgehead atoms. The maximum atomic E-state index is 11.8. The van der Waals surface area contributed by atoms with E-state index < -0.39 is 0 Å². The van der Waals surface area contributed by atoms with Crippen molar-refractivity contribution in [3.63, 3.8) is 0 Å². The van der Waals surface area contributed by atoms with Crippen molar-refractivity contribution in [1.82, 2.24) is 0 Å². The first-order valence-electron chi connectivity index (χ1n) is 7.16. The Bertz CT molecular complexity index is 600. The molecule has 20 heavy (non-hydrogen) atoms. The fourth-order valence-corrected chi connectivity index (χ4v) is 2.24. The SMILES string of the molecule is CCC(=O)c1cccc(-c2ccc(C(C)(C)C)cc2)c1. The Morgan fingerprint density at radius 2 is 1.60 bits per heavy atom. The first-order chi connectivity index (χ1) is 9.41. The molecule has 0 aromatic heterocycles. The predicted molar refractivity (Wildman–Crippen MR) is 85.2 cm³/mol. The van der Waals surface area contributed by atoms with Crippen LogP contribution in [0.2, 0.25) is 0 Å². The Kier molecular flexibility index (Phi) is 4.08. The Balaban J connectivity index is 2.35. The number of carbonyl (C=O) groups excluding carboxylic acids is 1. The molecular formula is C19H22O. The zero-order valence-electron chi connectivity index (χ0n) is 12.7. The summed E-state index contributed by atoms with van der Waals surface area (Å²) in [4.78, 5) is 11.8. The van der Waals surface area contributed by atoms with Gasteiger partial charge in [-0.05, 0) is 28.2 Å². The summed E-state index contributed by atoms with van der Waals surface area (Å²) < 4.78 is 0. The van der Waals surface area contributed by atoms with Gasteiger partial charge in [-0.2, -0.15) is 0 Å². The lowest BCUT2D eigenvalue weighted by molar-refractivity contribution is 0.0988. The number of benzene rings is 2. The number of Topliss-reactive ketones (excluding diaryl/α,β-unsaturated/α-hetero) is 1. The molecule has 0 aliphatic carbocycles. The van der Waals surface area contributed by atoms with Crippen molar-refractivity contribution in [2.45, 2.75) is 39.5 Å². The molecule has 1 heteroatoms. The first kappa shape index (κ1) is 14.5. The summed E-state index contributed by atoms with van der Waals surface area (Å²) in [5.41, 5.74) is 4.54. The third-order valence-corrected chi connectivity index (χ3v) is 3.59. The van der Waals surface area contributed by atoms with E-state index in [0.717, 1.165) is 16.7 Å². The average molecular weight is 266 g/mol. The minimum absolute atomic E-state index is 0.165. The molecule has 0 spiro atoms. The molecule has 1 nitrogen and oxygen atoms in total. The molecule has 0 radical (unpaired) electrons. The van der Waals surface area contributed by atoms with Crippen molar-refractivity contribution in [3.8, 4) is 11.1 Å². The second kappa shape index (κ2) is 5.62. The van der Waals surface area contributed by atoms with Gasteiger partial charge in [-0.25, -0.2) is 0 Å². The van der Waals surface area contributed by atoms with Gasteiger partial charge in [0.25, 0.3) is 0 Å². The third kappa shape index (κ3) is 3.16. The van der Waals surface area contributed by atoms with Gasteiger partial charge in [-0.15, -0.1) is 0 Å². The van der Waals surface area contributed by atoms with Crippen LogP contribution in [0.3, 0.4) is 0 Å². The van der Waals surface area contributed by atoms with Gasteiger partial charge >= 0.3 is 0 Å². The molecule has 0 saturated carbocycles. The van der Waals surface area contributed by atoms with E-state index in [2.05, 4.69) is 51.1 Å². The van der Waals surface area contributed by atoms with Crippen molar-refractivity contribution in [2.24, 2.45) is 0 Å². The van der Waals surface area contributed by atoms with Crippen LogP contribution in [0.15, 0.2) is 48.5 Å². The molecule has 0 fully saturated rings. The van der Waals surface area contributed by atoms with Crippen LogP contribution in [0.25, 0.3) is 11.1 Å². The highest BCUT2D eigenvalue weighted by Gasteiger charge is 2.13. The molecule has 2 aromatic rings. The van der Waals surface area contributed by atoms with E-state index in [-0.39, 0.29) is 11.2 Å². The van der Waals surface area contributed by atoms with Crippen LogP contribution < -0.4 is 0 Å². The van der Waals surface area contributed by atoms with Crippen LogP contribution in [0.1, 0.15) is 50.0 Å². The van der Waals surface area contributed by atoms with E-state index in [1.807, 2.05) is 25.1 Å². The normalized spacial score (nSPS) is 11.4. The molecule has 2 aromatic carbocycles. The maximum absolute atomic E-state index is 11.8. The second-order valence-corrected chi connectivity index (χ2v) is 6.18. The van der Waals surface area contributed by atoms with Crippen molar-refractivity contribution in [2.75, 3.05) is 0 Å². The van der Waals surface area contributed by atoms with Crippen molar-refractivity contribution >= 4 is 5.78 Å². The molecule has 0 atom stereocenters. The lowest BCUT2D eigenvalue weighted by atomic mass is 9.86. The molecule has 0 amide bonds. The van der Waals surface area contributed by atoms with Crippen LogP contribution in [0.4, 0.5) is 0 Å². The number of hydrogen-bond donors (Lipinski definition) is 0. The van der Waals surface area contributed by atoms with Gasteiger partial charge in [0.1, 0.15) is 0 Å². The average Bonchev–Trinajstić information content (AvgIpc) is 2.46. The van der Waals surface area contributed by atoms with Crippen LogP contribution in [-0.4, -0.2) is 5.78 Å². The number of hydrogen-bond acceptors (Lipinski definition) is 1. The molecule has 0 heterocycles. The third-order valence-electron chi connectivity index (χ3n) is 3.59.